The van der Waals surface area contributed by atoms with Crippen LogP contribution in [-0.2, 0) is 10.2 Å². The molecular formula is C11H13BrClNO. The first kappa shape index (κ1) is 8.59. The average molecular weight is 294 g/mol. The summed E-state index contributed by atoms with van der Waals surface area (Å²) in [5, 5.41) is 0.199. The Morgan fingerprint density at radius 1 is 1.67 bits per heavy atom. The first-order chi connectivity index (χ1) is 8.01. The lowest BCUT2D eigenvalue weighted by Gasteiger charge is -2.23. The van der Waals surface area contributed by atoms with Crippen LogP contribution < -0.4 is 5.73 Å². The Bertz CT molecular complexity index is 504. The lowest BCUT2D eigenvalue weighted by Crippen LogP contribution is -2.35. The van der Waals surface area contributed by atoms with Crippen molar-refractivity contribution in [2.45, 2.75) is 26.1 Å². The molecule has 0 saturated carbocycles. The van der Waals surface area contributed by atoms with E-state index in [0.29, 0.717) is 0 Å². The van der Waals surface area contributed by atoms with Crippen molar-refractivity contribution in [3.63, 3.8) is 0 Å². The Balaban J connectivity index is 3.60. The highest BCUT2D eigenvalue weighted by Gasteiger charge is 2.29. The van der Waals surface area contributed by atoms with E-state index < -0.39 is 18.2 Å². The number of hydrogen-bond acceptors (Lipinski definition) is 1. The summed E-state index contributed by atoms with van der Waals surface area (Å²) in [6.45, 7) is 0.504. The van der Waals surface area contributed by atoms with Crippen molar-refractivity contribution in [2.75, 3.05) is 0 Å². The van der Waals surface area contributed by atoms with Crippen LogP contribution in [0.2, 0.25) is 5.02 Å². The number of carbonyl (C=O) groups is 1. The Morgan fingerprint density at radius 3 is 2.73 bits per heavy atom. The summed E-state index contributed by atoms with van der Waals surface area (Å²) in [5.41, 5.74) is 4.47. The Labute approximate surface area is 107 Å². The van der Waals surface area contributed by atoms with Crippen molar-refractivity contribution in [3.8, 4) is 0 Å². The van der Waals surface area contributed by atoms with Crippen molar-refractivity contribution in [1.29, 1.82) is 0 Å². The minimum absolute atomic E-state index is 0.199. The molecule has 0 saturated heterocycles. The van der Waals surface area contributed by atoms with Crippen LogP contribution >= 0.6 is 27.5 Å². The number of hydrogen-bond donors (Lipinski definition) is 1. The minimum atomic E-state index is -2.57. The fourth-order valence-electron chi connectivity index (χ4n) is 1.17. The van der Waals surface area contributed by atoms with E-state index in [9.17, 15) is 4.79 Å². The van der Waals surface area contributed by atoms with Gasteiger partial charge in [-0.2, -0.15) is 0 Å². The van der Waals surface area contributed by atoms with E-state index >= 15 is 0 Å². The zero-order valence-corrected chi connectivity index (χ0v) is 10.7. The van der Waals surface area contributed by atoms with Crippen molar-refractivity contribution >= 4 is 33.4 Å². The quantitative estimate of drug-likeness (QED) is 0.894. The van der Waals surface area contributed by atoms with Gasteiger partial charge in [-0.15, -0.1) is 0 Å². The second kappa shape index (κ2) is 4.14. The van der Waals surface area contributed by atoms with Crippen LogP contribution in [0.25, 0.3) is 0 Å². The van der Waals surface area contributed by atoms with Crippen molar-refractivity contribution in [3.05, 3.63) is 32.8 Å². The zero-order chi connectivity index (χ0) is 14.3. The van der Waals surface area contributed by atoms with E-state index in [1.165, 1.54) is 6.92 Å². The van der Waals surface area contributed by atoms with Crippen LogP contribution in [0.3, 0.4) is 0 Å². The normalized spacial score (nSPS) is 18.5. The van der Waals surface area contributed by atoms with Crippen LogP contribution in [-0.4, -0.2) is 5.91 Å². The number of halogens is 2. The molecule has 0 aliphatic carbocycles. The fourth-order valence-corrected chi connectivity index (χ4v) is 2.00. The highest BCUT2D eigenvalue weighted by Crippen LogP contribution is 2.33. The molecule has 2 nitrogen and oxygen atoms in total. The molecule has 4 heteroatoms. The van der Waals surface area contributed by atoms with E-state index in [-0.39, 0.29) is 10.6 Å². The Hall–Kier alpha value is -0.540. The summed E-state index contributed by atoms with van der Waals surface area (Å²) < 4.78 is 23.4. The molecule has 1 aromatic rings. The minimum Gasteiger partial charge on any atom is -0.369 e. The second-order valence-electron chi connectivity index (χ2n) is 3.57. The molecule has 1 unspecified atom stereocenters. The Kier molecular flexibility index (Phi) is 2.37. The van der Waals surface area contributed by atoms with Crippen LogP contribution in [0, 0.1) is 6.92 Å². The first-order valence-electron chi connectivity index (χ1n) is 5.78. The number of carbonyl (C=O) groups excluding carboxylic acids is 1. The molecule has 0 heterocycles. The van der Waals surface area contributed by atoms with Crippen LogP contribution in [0.5, 0.6) is 0 Å². The molecule has 0 aliphatic heterocycles. The molecular weight excluding hydrogens is 277 g/mol. The summed E-state index contributed by atoms with van der Waals surface area (Å²) in [6.07, 6.45) is 0. The van der Waals surface area contributed by atoms with Gasteiger partial charge < -0.3 is 5.73 Å². The third-order valence-corrected chi connectivity index (χ3v) is 3.45. The number of rotatable bonds is 2. The van der Waals surface area contributed by atoms with E-state index in [2.05, 4.69) is 15.9 Å². The van der Waals surface area contributed by atoms with E-state index in [0.717, 1.165) is 10.0 Å². The summed E-state index contributed by atoms with van der Waals surface area (Å²) in [6, 6.07) is 3.14. The molecule has 1 rings (SSSR count). The van der Waals surface area contributed by atoms with Gasteiger partial charge in [0.15, 0.2) is 0 Å². The number of nitrogens with two attached hydrogens (primary N) is 1. The number of aryl methyl sites for hydroxylation is 1. The standard InChI is InChI=1S/C11H13BrClNO/c1-6-4-7(9(13)5-8(6)12)11(2,3)10(14)15/h4-5H,1-3H3,(H2,14,15)/i2D3. The molecule has 1 aromatic carbocycles. The van der Waals surface area contributed by atoms with Gasteiger partial charge in [0.25, 0.3) is 0 Å². The summed E-state index contributed by atoms with van der Waals surface area (Å²) in [5.74, 6) is -0.925. The Morgan fingerprint density at radius 2 is 2.27 bits per heavy atom. The van der Waals surface area contributed by atoms with Gasteiger partial charge in [-0.05, 0) is 37.9 Å². The van der Waals surface area contributed by atoms with Crippen molar-refractivity contribution < 1.29 is 8.91 Å². The van der Waals surface area contributed by atoms with Gasteiger partial charge in [0.05, 0.1) is 5.41 Å². The SMILES string of the molecule is [2H]C([2H])([2H])C(C)(C(N)=O)c1cc(C)c(Br)cc1Cl. The topological polar surface area (TPSA) is 43.1 Å². The highest BCUT2D eigenvalue weighted by molar-refractivity contribution is 9.10. The zero-order valence-electron chi connectivity index (χ0n) is 11.4. The summed E-state index contributed by atoms with van der Waals surface area (Å²) >= 11 is 9.34. The van der Waals surface area contributed by atoms with Gasteiger partial charge in [-0.1, -0.05) is 33.6 Å². The smallest absolute Gasteiger partial charge is 0.227 e. The molecule has 1 atom stereocenters. The van der Waals surface area contributed by atoms with Crippen molar-refractivity contribution in [1.82, 2.24) is 0 Å². The monoisotopic (exact) mass is 292 g/mol. The number of amides is 1. The molecule has 1 amide bonds. The second-order valence-corrected chi connectivity index (χ2v) is 4.83. The average Bonchev–Trinajstić information content (AvgIpc) is 2.20. The fraction of sp³-hybridized carbons (Fsp3) is 0.364. The van der Waals surface area contributed by atoms with Crippen molar-refractivity contribution in [2.24, 2.45) is 5.73 Å². The highest BCUT2D eigenvalue weighted by atomic mass is 79.9. The lowest BCUT2D eigenvalue weighted by molar-refractivity contribution is -0.122. The molecule has 0 bridgehead atoms. The number of benzene rings is 1. The lowest BCUT2D eigenvalue weighted by atomic mass is 9.83. The molecule has 82 valence electrons. The molecule has 2 N–H and O–H groups in total. The third-order valence-electron chi connectivity index (χ3n) is 2.28. The molecule has 15 heavy (non-hydrogen) atoms. The molecule has 0 radical (unpaired) electrons. The molecule has 0 spiro atoms. The maximum Gasteiger partial charge on any atom is 0.227 e. The summed E-state index contributed by atoms with van der Waals surface area (Å²) in [4.78, 5) is 11.6. The predicted octanol–water partition coefficient (Wildman–Crippen LogP) is 3.17. The number of primary amides is 1. The van der Waals surface area contributed by atoms with E-state index in [1.807, 2.05) is 0 Å². The molecule has 0 aromatic heterocycles. The molecule has 0 aliphatic rings. The van der Waals surface area contributed by atoms with Gasteiger partial charge in [-0.25, -0.2) is 0 Å². The third kappa shape index (κ3) is 2.34. The van der Waals surface area contributed by atoms with Gasteiger partial charge in [0.1, 0.15) is 0 Å². The summed E-state index contributed by atoms with van der Waals surface area (Å²) in [7, 11) is 0. The van der Waals surface area contributed by atoms with Gasteiger partial charge in [0, 0.05) is 13.6 Å². The van der Waals surface area contributed by atoms with Gasteiger partial charge >= 0.3 is 0 Å². The van der Waals surface area contributed by atoms with Crippen LogP contribution in [0.4, 0.5) is 0 Å². The largest absolute Gasteiger partial charge is 0.369 e. The predicted molar refractivity (Wildman–Crippen MR) is 66.1 cm³/mol. The van der Waals surface area contributed by atoms with Gasteiger partial charge in [-0.3, -0.25) is 4.79 Å². The van der Waals surface area contributed by atoms with E-state index in [4.69, 9.17) is 21.4 Å². The first-order valence-corrected chi connectivity index (χ1v) is 5.45. The van der Waals surface area contributed by atoms with E-state index in [1.54, 1.807) is 19.1 Å². The van der Waals surface area contributed by atoms with Crippen LogP contribution in [0.1, 0.15) is 29.0 Å². The maximum absolute atomic E-state index is 11.6. The maximum atomic E-state index is 11.6. The van der Waals surface area contributed by atoms with Gasteiger partial charge in [0.2, 0.25) is 5.91 Å². The van der Waals surface area contributed by atoms with Crippen LogP contribution in [0.15, 0.2) is 16.6 Å². The molecule has 0 fully saturated rings.